The first-order chi connectivity index (χ1) is 18.7. The quantitative estimate of drug-likeness (QED) is 0.168. The summed E-state index contributed by atoms with van der Waals surface area (Å²) in [6.45, 7) is 8.56. The van der Waals surface area contributed by atoms with Gasteiger partial charge < -0.3 is 9.84 Å². The Balaban J connectivity index is 1.48. The molecule has 7 heteroatoms. The van der Waals surface area contributed by atoms with E-state index >= 15 is 0 Å². The summed E-state index contributed by atoms with van der Waals surface area (Å²) in [7, 11) is 0. The Morgan fingerprint density at radius 1 is 1.15 bits per heavy atom. The van der Waals surface area contributed by atoms with E-state index in [2.05, 4.69) is 43.7 Å². The van der Waals surface area contributed by atoms with Crippen LogP contribution in [0.15, 0.2) is 59.4 Å². The van der Waals surface area contributed by atoms with E-state index < -0.39 is 11.6 Å². The molecule has 2 aromatic heterocycles. The van der Waals surface area contributed by atoms with Crippen molar-refractivity contribution in [3.63, 3.8) is 0 Å². The maximum absolute atomic E-state index is 12.5. The number of aromatic nitrogens is 1. The molecule has 4 nitrogen and oxygen atoms in total. The number of nitrogens with zero attached hydrogens (tertiary/aromatic N) is 1. The van der Waals surface area contributed by atoms with Gasteiger partial charge in [0.1, 0.15) is 22.3 Å². The second-order valence-electron chi connectivity index (χ2n) is 10.6. The van der Waals surface area contributed by atoms with Crippen molar-refractivity contribution < 1.29 is 14.6 Å². The Bertz CT molecular complexity index is 1550. The maximum Gasteiger partial charge on any atom is 0.346 e. The highest BCUT2D eigenvalue weighted by Crippen LogP contribution is 2.60. The van der Waals surface area contributed by atoms with E-state index in [1.165, 1.54) is 22.7 Å². The normalized spacial score (nSPS) is 19.0. The predicted octanol–water partition coefficient (Wildman–Crippen LogP) is 8.98. The number of thiophene rings is 1. The molecule has 1 saturated heterocycles. The van der Waals surface area contributed by atoms with Crippen molar-refractivity contribution in [2.45, 2.75) is 58.2 Å². The van der Waals surface area contributed by atoms with Crippen molar-refractivity contribution in [3.05, 3.63) is 97.3 Å². The molecule has 1 N–H and O–H groups in total. The number of hydrogen-bond donors (Lipinski definition) is 1. The van der Waals surface area contributed by atoms with E-state index in [4.69, 9.17) is 16.3 Å². The van der Waals surface area contributed by atoms with Crippen molar-refractivity contribution in [2.75, 3.05) is 0 Å². The van der Waals surface area contributed by atoms with Crippen LogP contribution in [-0.2, 0) is 4.74 Å². The Labute approximate surface area is 242 Å². The molecule has 4 aromatic rings. The Kier molecular flexibility index (Phi) is 7.98. The number of epoxide rings is 1. The van der Waals surface area contributed by atoms with Gasteiger partial charge in [0, 0.05) is 26.8 Å². The van der Waals surface area contributed by atoms with Crippen LogP contribution in [0.25, 0.3) is 10.4 Å². The van der Waals surface area contributed by atoms with Crippen molar-refractivity contribution >= 4 is 40.2 Å². The van der Waals surface area contributed by atoms with Crippen LogP contribution in [0.2, 0.25) is 5.02 Å². The fourth-order valence-electron chi connectivity index (χ4n) is 5.14. The van der Waals surface area contributed by atoms with Crippen LogP contribution in [0.3, 0.4) is 0 Å². The van der Waals surface area contributed by atoms with Crippen LogP contribution in [0.1, 0.15) is 83.3 Å². The molecular weight excluding hydrogens is 546 g/mol. The first-order valence-electron chi connectivity index (χ1n) is 13.0. The van der Waals surface area contributed by atoms with Crippen molar-refractivity contribution in [1.82, 2.24) is 4.98 Å². The molecule has 1 aliphatic heterocycles. The highest BCUT2D eigenvalue weighted by molar-refractivity contribution is 7.17. The molecule has 200 valence electrons. The smallest absolute Gasteiger partial charge is 0.346 e. The van der Waals surface area contributed by atoms with Crippen LogP contribution in [0.5, 0.6) is 0 Å². The number of rotatable bonds is 8. The molecule has 3 atom stereocenters. The Hall–Kier alpha value is -2.95. The van der Waals surface area contributed by atoms with Crippen LogP contribution >= 0.6 is 34.3 Å². The van der Waals surface area contributed by atoms with Crippen LogP contribution in [0, 0.1) is 24.7 Å². The monoisotopic (exact) mass is 575 g/mol. The summed E-state index contributed by atoms with van der Waals surface area (Å²) in [5, 5.41) is 12.8. The van der Waals surface area contributed by atoms with Gasteiger partial charge in [-0.2, -0.15) is 0 Å². The molecule has 0 bridgehead atoms. The third-order valence-electron chi connectivity index (χ3n) is 7.34. The summed E-state index contributed by atoms with van der Waals surface area (Å²) in [6, 6.07) is 15.9. The van der Waals surface area contributed by atoms with Gasteiger partial charge in [0.25, 0.3) is 0 Å². The minimum absolute atomic E-state index is 0.0562. The lowest BCUT2D eigenvalue weighted by Crippen LogP contribution is -2.22. The summed E-state index contributed by atoms with van der Waals surface area (Å²) >= 11 is 9.06. The highest BCUT2D eigenvalue weighted by Gasteiger charge is 2.59. The number of aromatic carboxylic acids is 1. The lowest BCUT2D eigenvalue weighted by molar-refractivity contribution is 0.0700. The molecule has 2 aromatic carbocycles. The number of carboxylic acid groups (broad SMARTS) is 1. The number of carboxylic acids is 1. The highest BCUT2D eigenvalue weighted by atomic mass is 35.5. The van der Waals surface area contributed by atoms with Crippen LogP contribution in [0.4, 0.5) is 0 Å². The van der Waals surface area contributed by atoms with Crippen molar-refractivity contribution in [1.29, 1.82) is 0 Å². The summed E-state index contributed by atoms with van der Waals surface area (Å²) in [5.41, 5.74) is 6.94. The van der Waals surface area contributed by atoms with Gasteiger partial charge in [-0.3, -0.25) is 0 Å². The first kappa shape index (κ1) is 27.6. The molecular formula is C32H30ClNO3S2. The molecule has 0 saturated carbocycles. The lowest BCUT2D eigenvalue weighted by Gasteiger charge is -2.23. The third kappa shape index (κ3) is 5.97. The van der Waals surface area contributed by atoms with E-state index in [0.29, 0.717) is 15.8 Å². The fourth-order valence-corrected chi connectivity index (χ4v) is 6.92. The number of hydrogen-bond acceptors (Lipinski definition) is 5. The molecule has 39 heavy (non-hydrogen) atoms. The maximum atomic E-state index is 12.5. The second kappa shape index (κ2) is 11.3. The van der Waals surface area contributed by atoms with Gasteiger partial charge in [0.05, 0.1) is 5.51 Å². The number of carbonyl (C=O) groups is 1. The Morgan fingerprint density at radius 2 is 1.92 bits per heavy atom. The molecule has 0 radical (unpaired) electrons. The molecule has 1 aliphatic rings. The summed E-state index contributed by atoms with van der Waals surface area (Å²) in [6.07, 6.45) is 1.72. The fraction of sp³-hybridized carbons (Fsp3) is 0.312. The van der Waals surface area contributed by atoms with Crippen LogP contribution < -0.4 is 0 Å². The van der Waals surface area contributed by atoms with Crippen molar-refractivity contribution in [3.8, 4) is 22.3 Å². The van der Waals surface area contributed by atoms with E-state index in [1.54, 1.807) is 5.51 Å². The van der Waals surface area contributed by atoms with Gasteiger partial charge >= 0.3 is 5.97 Å². The van der Waals surface area contributed by atoms with Gasteiger partial charge in [-0.05, 0) is 84.7 Å². The van der Waals surface area contributed by atoms with Gasteiger partial charge in [0.2, 0.25) is 0 Å². The van der Waals surface area contributed by atoms with E-state index in [9.17, 15) is 9.90 Å². The molecule has 5 rings (SSSR count). The standard InChI is InChI=1S/C32H30ClNO3S2/c1-19(2)5-14-27(32(4)30(37-32)25-13-11-23(33)15-20(25)3)26-16-28(39-29(26)31(35)36)22-9-6-21(7-10-22)8-12-24-17-38-18-34-24/h6-7,9-11,13,15-19,27,30H,5,14H2,1-4H3,(H,35,36). The molecule has 0 aliphatic carbocycles. The molecule has 0 amide bonds. The zero-order valence-electron chi connectivity index (χ0n) is 22.3. The van der Waals surface area contributed by atoms with Gasteiger partial charge in [-0.15, -0.1) is 22.7 Å². The van der Waals surface area contributed by atoms with Gasteiger partial charge in [0.15, 0.2) is 0 Å². The van der Waals surface area contributed by atoms with Crippen LogP contribution in [-0.4, -0.2) is 21.7 Å². The first-order valence-corrected chi connectivity index (χ1v) is 15.1. The average molecular weight is 576 g/mol. The summed E-state index contributed by atoms with van der Waals surface area (Å²) in [4.78, 5) is 18.0. The lowest BCUT2D eigenvalue weighted by atomic mass is 9.78. The van der Waals surface area contributed by atoms with E-state index in [-0.39, 0.29) is 12.0 Å². The summed E-state index contributed by atoms with van der Waals surface area (Å²) < 4.78 is 6.43. The van der Waals surface area contributed by atoms with Gasteiger partial charge in [-0.25, -0.2) is 9.78 Å². The molecule has 1 fully saturated rings. The summed E-state index contributed by atoms with van der Waals surface area (Å²) in [5.74, 6) is 5.75. The second-order valence-corrected chi connectivity index (χ2v) is 12.8. The average Bonchev–Trinajstić information content (AvgIpc) is 3.25. The SMILES string of the molecule is Cc1cc(Cl)ccc1C1OC1(C)C(CCC(C)C)c1cc(-c2ccc(C#Cc3cscn3)cc2)sc1C(=O)O. The minimum Gasteiger partial charge on any atom is -0.477 e. The number of ether oxygens (including phenoxy) is 1. The van der Waals surface area contributed by atoms with E-state index in [1.807, 2.05) is 54.8 Å². The number of aryl methyl sites for hydroxylation is 1. The topological polar surface area (TPSA) is 62.7 Å². The zero-order chi connectivity index (χ0) is 27.7. The largest absolute Gasteiger partial charge is 0.477 e. The van der Waals surface area contributed by atoms with Gasteiger partial charge in [-0.1, -0.05) is 56.0 Å². The number of halogens is 1. The minimum atomic E-state index is -0.898. The van der Waals surface area contributed by atoms with E-state index in [0.717, 1.165) is 51.2 Å². The number of benzene rings is 2. The Morgan fingerprint density at radius 3 is 2.56 bits per heavy atom. The molecule has 3 heterocycles. The predicted molar refractivity (Wildman–Crippen MR) is 160 cm³/mol. The number of thiazole rings is 1. The molecule has 0 spiro atoms. The zero-order valence-corrected chi connectivity index (χ0v) is 24.7. The third-order valence-corrected chi connectivity index (χ3v) is 9.35. The van der Waals surface area contributed by atoms with Crippen molar-refractivity contribution in [2.24, 2.45) is 5.92 Å². The molecule has 3 unspecified atom stereocenters.